The number of hydrogen-bond donors (Lipinski definition) is 2. The summed E-state index contributed by atoms with van der Waals surface area (Å²) in [6.07, 6.45) is 0. The molecule has 9 heteroatoms. The van der Waals surface area contributed by atoms with Gasteiger partial charge in [-0.25, -0.2) is 8.78 Å². The van der Waals surface area contributed by atoms with E-state index in [0.717, 1.165) is 6.07 Å². The molecule has 30 heavy (non-hydrogen) atoms. The molecule has 3 rings (SSSR count). The molecule has 0 spiro atoms. The number of nitrogens with zero attached hydrogens (tertiary/aromatic N) is 2. The Bertz CT molecular complexity index is 959. The van der Waals surface area contributed by atoms with Gasteiger partial charge in [0.1, 0.15) is 11.6 Å². The Hall–Kier alpha value is -3.49. The van der Waals surface area contributed by atoms with E-state index in [1.54, 1.807) is 11.0 Å². The zero-order valence-corrected chi connectivity index (χ0v) is 16.5. The first kappa shape index (κ1) is 21.2. The van der Waals surface area contributed by atoms with E-state index in [2.05, 4.69) is 10.6 Å². The first-order valence-electron chi connectivity index (χ1n) is 9.47. The van der Waals surface area contributed by atoms with Gasteiger partial charge in [0, 0.05) is 33.1 Å². The second-order valence-corrected chi connectivity index (χ2v) is 6.87. The van der Waals surface area contributed by atoms with Crippen molar-refractivity contribution in [3.8, 4) is 0 Å². The zero-order valence-electron chi connectivity index (χ0n) is 16.5. The highest BCUT2D eigenvalue weighted by Crippen LogP contribution is 2.28. The highest BCUT2D eigenvalue weighted by Gasteiger charge is 2.22. The second kappa shape index (κ2) is 9.34. The Morgan fingerprint density at radius 1 is 1.00 bits per heavy atom. The van der Waals surface area contributed by atoms with Crippen LogP contribution in [0.15, 0.2) is 42.5 Å². The SMILES string of the molecule is CC(=O)N1CCN(c2ccc(F)cc2NC(=O)CNC(=O)c2ccccc2F)CC1. The Labute approximate surface area is 172 Å². The van der Waals surface area contributed by atoms with E-state index < -0.39 is 30.0 Å². The van der Waals surface area contributed by atoms with E-state index in [4.69, 9.17) is 0 Å². The van der Waals surface area contributed by atoms with Crippen LogP contribution in [0, 0.1) is 11.6 Å². The third-order valence-corrected chi connectivity index (χ3v) is 4.83. The lowest BCUT2D eigenvalue weighted by Crippen LogP contribution is -2.48. The summed E-state index contributed by atoms with van der Waals surface area (Å²) in [7, 11) is 0. The molecular weight excluding hydrogens is 394 g/mol. The van der Waals surface area contributed by atoms with E-state index in [1.165, 1.54) is 37.3 Å². The number of hydrogen-bond acceptors (Lipinski definition) is 4. The number of rotatable bonds is 5. The van der Waals surface area contributed by atoms with Gasteiger partial charge in [0.05, 0.1) is 23.5 Å². The molecule has 0 aromatic heterocycles. The molecule has 0 bridgehead atoms. The molecule has 1 aliphatic heterocycles. The lowest BCUT2D eigenvalue weighted by molar-refractivity contribution is -0.129. The lowest BCUT2D eigenvalue weighted by atomic mass is 10.2. The topological polar surface area (TPSA) is 81.8 Å². The van der Waals surface area contributed by atoms with Crippen LogP contribution in [0.2, 0.25) is 0 Å². The lowest BCUT2D eigenvalue weighted by Gasteiger charge is -2.36. The van der Waals surface area contributed by atoms with Crippen LogP contribution in [0.3, 0.4) is 0 Å². The van der Waals surface area contributed by atoms with Crippen molar-refractivity contribution in [1.82, 2.24) is 10.2 Å². The summed E-state index contributed by atoms with van der Waals surface area (Å²) in [5, 5.41) is 4.94. The number of amides is 3. The number of anilines is 2. The summed E-state index contributed by atoms with van der Waals surface area (Å²) >= 11 is 0. The van der Waals surface area contributed by atoms with E-state index in [1.807, 2.05) is 4.90 Å². The second-order valence-electron chi connectivity index (χ2n) is 6.87. The van der Waals surface area contributed by atoms with Gasteiger partial charge in [-0.3, -0.25) is 14.4 Å². The van der Waals surface area contributed by atoms with Gasteiger partial charge in [0.2, 0.25) is 11.8 Å². The maximum absolute atomic E-state index is 13.8. The van der Waals surface area contributed by atoms with Gasteiger partial charge in [-0.05, 0) is 30.3 Å². The summed E-state index contributed by atoms with van der Waals surface area (Å²) in [4.78, 5) is 39.5. The van der Waals surface area contributed by atoms with E-state index in [9.17, 15) is 23.2 Å². The molecule has 1 saturated heterocycles. The first-order valence-corrected chi connectivity index (χ1v) is 9.47. The molecule has 0 aliphatic carbocycles. The summed E-state index contributed by atoms with van der Waals surface area (Å²) in [6, 6.07) is 9.50. The third kappa shape index (κ3) is 5.11. The normalized spacial score (nSPS) is 13.7. The minimum Gasteiger partial charge on any atom is -0.366 e. The molecule has 3 amide bonds. The van der Waals surface area contributed by atoms with Gasteiger partial charge in [-0.15, -0.1) is 0 Å². The molecule has 2 aromatic carbocycles. The van der Waals surface area contributed by atoms with Gasteiger partial charge in [-0.2, -0.15) is 0 Å². The molecule has 158 valence electrons. The Morgan fingerprint density at radius 2 is 1.70 bits per heavy atom. The molecular formula is C21H22F2N4O3. The Balaban J connectivity index is 1.64. The standard InChI is InChI=1S/C21H22F2N4O3/c1-14(28)26-8-10-27(11-9-26)19-7-6-15(22)12-18(19)25-20(29)13-24-21(30)16-4-2-3-5-17(16)23/h2-7,12H,8-11,13H2,1H3,(H,24,30)(H,25,29). The number of halogens is 2. The van der Waals surface area contributed by atoms with Crippen molar-refractivity contribution in [2.24, 2.45) is 0 Å². The monoisotopic (exact) mass is 416 g/mol. The van der Waals surface area contributed by atoms with Crippen LogP contribution in [0.5, 0.6) is 0 Å². The maximum Gasteiger partial charge on any atom is 0.254 e. The molecule has 7 nitrogen and oxygen atoms in total. The van der Waals surface area contributed by atoms with Gasteiger partial charge in [-0.1, -0.05) is 12.1 Å². The van der Waals surface area contributed by atoms with Crippen molar-refractivity contribution in [2.75, 3.05) is 42.9 Å². The minimum absolute atomic E-state index is 0.00660. The molecule has 1 fully saturated rings. The fraction of sp³-hybridized carbons (Fsp3) is 0.286. The van der Waals surface area contributed by atoms with E-state index >= 15 is 0 Å². The van der Waals surface area contributed by atoms with Gasteiger partial charge in [0.15, 0.2) is 0 Å². The molecule has 0 unspecified atom stereocenters. The molecule has 0 radical (unpaired) electrons. The van der Waals surface area contributed by atoms with Crippen LogP contribution in [0.1, 0.15) is 17.3 Å². The van der Waals surface area contributed by atoms with Crippen molar-refractivity contribution < 1.29 is 23.2 Å². The molecule has 2 aromatic rings. The maximum atomic E-state index is 13.8. The van der Waals surface area contributed by atoms with Gasteiger partial charge >= 0.3 is 0 Å². The summed E-state index contributed by atoms with van der Waals surface area (Å²) in [5.41, 5.74) is 0.713. The fourth-order valence-corrected chi connectivity index (χ4v) is 3.24. The quantitative estimate of drug-likeness (QED) is 0.781. The predicted molar refractivity (Wildman–Crippen MR) is 108 cm³/mol. The van der Waals surface area contributed by atoms with Gasteiger partial charge in [0.25, 0.3) is 5.91 Å². The largest absolute Gasteiger partial charge is 0.366 e. The van der Waals surface area contributed by atoms with Crippen LogP contribution in [0.25, 0.3) is 0 Å². The van der Waals surface area contributed by atoms with Crippen molar-refractivity contribution in [3.05, 3.63) is 59.7 Å². The van der Waals surface area contributed by atoms with Crippen molar-refractivity contribution in [3.63, 3.8) is 0 Å². The summed E-state index contributed by atoms with van der Waals surface area (Å²) < 4.78 is 27.4. The first-order chi connectivity index (χ1) is 14.3. The number of nitrogens with one attached hydrogen (secondary N) is 2. The van der Waals surface area contributed by atoms with Gasteiger partial charge < -0.3 is 20.4 Å². The number of carbonyl (C=O) groups is 3. The van der Waals surface area contributed by atoms with Crippen LogP contribution < -0.4 is 15.5 Å². The molecule has 0 atom stereocenters. The zero-order chi connectivity index (χ0) is 21.7. The highest BCUT2D eigenvalue weighted by molar-refractivity contribution is 6.00. The number of piperazine rings is 1. The van der Waals surface area contributed by atoms with E-state index in [0.29, 0.717) is 31.9 Å². The Morgan fingerprint density at radius 3 is 2.37 bits per heavy atom. The van der Waals surface area contributed by atoms with Crippen molar-refractivity contribution in [1.29, 1.82) is 0 Å². The van der Waals surface area contributed by atoms with E-state index in [-0.39, 0.29) is 17.2 Å². The third-order valence-electron chi connectivity index (χ3n) is 4.83. The van der Waals surface area contributed by atoms with Crippen LogP contribution >= 0.6 is 0 Å². The number of benzene rings is 2. The molecule has 2 N–H and O–H groups in total. The average molecular weight is 416 g/mol. The Kier molecular flexibility index (Phi) is 6.61. The van der Waals surface area contributed by atoms with Crippen LogP contribution in [0.4, 0.5) is 20.2 Å². The average Bonchev–Trinajstić information content (AvgIpc) is 2.72. The molecule has 0 saturated carbocycles. The summed E-state index contributed by atoms with van der Waals surface area (Å²) in [5.74, 6) is -2.51. The molecule has 1 heterocycles. The predicted octanol–water partition coefficient (Wildman–Crippen LogP) is 2.00. The van der Waals surface area contributed by atoms with Crippen LogP contribution in [-0.4, -0.2) is 55.3 Å². The highest BCUT2D eigenvalue weighted by atomic mass is 19.1. The number of carbonyl (C=O) groups excluding carboxylic acids is 3. The van der Waals surface area contributed by atoms with Crippen molar-refractivity contribution >= 4 is 29.1 Å². The fourth-order valence-electron chi connectivity index (χ4n) is 3.24. The smallest absolute Gasteiger partial charge is 0.254 e. The molecule has 1 aliphatic rings. The minimum atomic E-state index is -0.719. The summed E-state index contributed by atoms with van der Waals surface area (Å²) in [6.45, 7) is 3.24. The van der Waals surface area contributed by atoms with Crippen LogP contribution in [-0.2, 0) is 9.59 Å². The van der Waals surface area contributed by atoms with Crippen molar-refractivity contribution in [2.45, 2.75) is 6.92 Å².